The highest BCUT2D eigenvalue weighted by molar-refractivity contribution is 5.93. The summed E-state index contributed by atoms with van der Waals surface area (Å²) >= 11 is 0. The van der Waals surface area contributed by atoms with Gasteiger partial charge in [-0.3, -0.25) is 14.8 Å². The number of H-pyrrole nitrogens is 1. The van der Waals surface area contributed by atoms with Crippen LogP contribution in [0.15, 0.2) is 42.5 Å². The molecule has 3 N–H and O–H groups in total. The average molecular weight is 420 g/mol. The van der Waals surface area contributed by atoms with Crippen molar-refractivity contribution in [1.29, 1.82) is 0 Å². The Balaban J connectivity index is 1.23. The van der Waals surface area contributed by atoms with Crippen LogP contribution in [0.4, 0.5) is 4.39 Å². The number of nitrogens with two attached hydrogens (primary N) is 1. The molecule has 2 aliphatic rings. The highest BCUT2D eigenvalue weighted by Crippen LogP contribution is 2.32. The number of carbonyl (C=O) groups excluding carboxylic acids is 1. The summed E-state index contributed by atoms with van der Waals surface area (Å²) in [7, 11) is 0. The van der Waals surface area contributed by atoms with Crippen LogP contribution in [0.3, 0.4) is 0 Å². The second-order valence-corrected chi connectivity index (χ2v) is 8.22. The molecule has 160 valence electrons. The molecule has 3 heterocycles. The molecule has 1 unspecified atom stereocenters. The molecule has 0 saturated carbocycles. The Morgan fingerprint density at radius 2 is 2.16 bits per heavy atom. The van der Waals surface area contributed by atoms with Crippen LogP contribution in [-0.4, -0.2) is 47.2 Å². The zero-order valence-electron chi connectivity index (χ0n) is 17.2. The molecule has 2 aliphatic heterocycles. The summed E-state index contributed by atoms with van der Waals surface area (Å²) in [5, 5.41) is 8.32. The van der Waals surface area contributed by atoms with Crippen molar-refractivity contribution in [2.75, 3.05) is 26.2 Å². The summed E-state index contributed by atoms with van der Waals surface area (Å²) in [4.78, 5) is 13.9. The van der Waals surface area contributed by atoms with Crippen molar-refractivity contribution in [3.8, 4) is 0 Å². The van der Waals surface area contributed by atoms with E-state index in [2.05, 4.69) is 21.2 Å². The van der Waals surface area contributed by atoms with Crippen molar-refractivity contribution in [1.82, 2.24) is 15.1 Å². The second-order valence-electron chi connectivity index (χ2n) is 8.22. The predicted molar refractivity (Wildman–Crippen MR) is 117 cm³/mol. The van der Waals surface area contributed by atoms with E-state index in [0.717, 1.165) is 61.1 Å². The molecule has 0 spiro atoms. The molecule has 3 aromatic rings. The number of amides is 1. The predicted octanol–water partition coefficient (Wildman–Crippen LogP) is 3.59. The average Bonchev–Trinajstić information content (AvgIpc) is 3.20. The molecule has 0 fully saturated rings. The molecule has 2 aromatic carbocycles. The third-order valence-electron chi connectivity index (χ3n) is 6.29. The van der Waals surface area contributed by atoms with E-state index in [1.54, 1.807) is 12.1 Å². The zero-order chi connectivity index (χ0) is 21.4. The summed E-state index contributed by atoms with van der Waals surface area (Å²) in [6, 6.07) is 10.4. The largest absolute Gasteiger partial charge is 0.373 e. The molecule has 0 aliphatic carbocycles. The van der Waals surface area contributed by atoms with E-state index >= 15 is 0 Å². The van der Waals surface area contributed by atoms with Gasteiger partial charge in [0, 0.05) is 30.6 Å². The van der Waals surface area contributed by atoms with Gasteiger partial charge in [-0.2, -0.15) is 5.10 Å². The second kappa shape index (κ2) is 8.24. The number of nitrogens with one attached hydrogen (secondary N) is 1. The van der Waals surface area contributed by atoms with Gasteiger partial charge in [0.2, 0.25) is 5.91 Å². The fraction of sp³-hybridized carbons (Fsp3) is 0.333. The monoisotopic (exact) mass is 420 g/mol. The van der Waals surface area contributed by atoms with Gasteiger partial charge in [0.05, 0.1) is 23.9 Å². The molecule has 1 amide bonds. The van der Waals surface area contributed by atoms with E-state index < -0.39 is 5.91 Å². The Labute approximate surface area is 179 Å². The lowest BCUT2D eigenvalue weighted by molar-refractivity contribution is 0.0299. The van der Waals surface area contributed by atoms with E-state index in [0.29, 0.717) is 12.2 Å². The topological polar surface area (TPSA) is 84.2 Å². The maximum absolute atomic E-state index is 13.4. The number of aromatic nitrogens is 2. The lowest BCUT2D eigenvalue weighted by Gasteiger charge is -2.30. The van der Waals surface area contributed by atoms with Gasteiger partial charge in [-0.1, -0.05) is 12.1 Å². The van der Waals surface area contributed by atoms with E-state index in [1.807, 2.05) is 12.1 Å². The minimum Gasteiger partial charge on any atom is -0.373 e. The van der Waals surface area contributed by atoms with Crippen molar-refractivity contribution in [3.05, 3.63) is 70.7 Å². The van der Waals surface area contributed by atoms with Crippen LogP contribution in [0.5, 0.6) is 0 Å². The highest BCUT2D eigenvalue weighted by atomic mass is 19.1. The Morgan fingerprint density at radius 1 is 1.26 bits per heavy atom. The summed E-state index contributed by atoms with van der Waals surface area (Å²) in [5.74, 6) is -0.652. The Morgan fingerprint density at radius 3 is 2.97 bits per heavy atom. The summed E-state index contributed by atoms with van der Waals surface area (Å²) < 4.78 is 19.5. The first-order chi connectivity index (χ1) is 15.1. The third kappa shape index (κ3) is 3.98. The molecular weight excluding hydrogens is 395 g/mol. The number of ether oxygens (including phenoxy) is 1. The fourth-order valence-electron chi connectivity index (χ4n) is 4.60. The van der Waals surface area contributed by atoms with E-state index in [4.69, 9.17) is 10.5 Å². The molecule has 31 heavy (non-hydrogen) atoms. The summed E-state index contributed by atoms with van der Waals surface area (Å²) in [5.41, 5.74) is 11.2. The smallest absolute Gasteiger partial charge is 0.248 e. The molecule has 7 heteroatoms. The number of hydrogen-bond donors (Lipinski definition) is 2. The van der Waals surface area contributed by atoms with Gasteiger partial charge in [-0.25, -0.2) is 4.39 Å². The van der Waals surface area contributed by atoms with Crippen molar-refractivity contribution >= 4 is 22.4 Å². The number of hydrogen-bond acceptors (Lipinski definition) is 4. The van der Waals surface area contributed by atoms with Crippen molar-refractivity contribution < 1.29 is 13.9 Å². The van der Waals surface area contributed by atoms with Crippen molar-refractivity contribution in [3.63, 3.8) is 0 Å². The number of nitrogens with zero attached hydrogens (tertiary/aromatic N) is 2. The first-order valence-electron chi connectivity index (χ1n) is 10.7. The van der Waals surface area contributed by atoms with E-state index in [9.17, 15) is 9.18 Å². The number of carbonyl (C=O) groups is 1. The molecular formula is C24H25FN4O2. The quantitative estimate of drug-likeness (QED) is 0.661. The van der Waals surface area contributed by atoms with Crippen LogP contribution in [0, 0.1) is 5.82 Å². The highest BCUT2D eigenvalue weighted by Gasteiger charge is 2.23. The SMILES string of the molecule is NC(=O)c1ccc2c(c1)CCOC2CCN1CC=C(c2n[nH]c3cc(F)ccc23)CC1. The van der Waals surface area contributed by atoms with Crippen molar-refractivity contribution in [2.24, 2.45) is 5.73 Å². The summed E-state index contributed by atoms with van der Waals surface area (Å²) in [6.07, 6.45) is 4.88. The van der Waals surface area contributed by atoms with Gasteiger partial charge in [0.15, 0.2) is 0 Å². The molecule has 1 atom stereocenters. The number of halogens is 1. The summed E-state index contributed by atoms with van der Waals surface area (Å²) in [6.45, 7) is 3.39. The van der Waals surface area contributed by atoms with Crippen LogP contribution in [0.25, 0.3) is 16.5 Å². The van der Waals surface area contributed by atoms with Crippen LogP contribution in [-0.2, 0) is 11.2 Å². The normalized spacial score (nSPS) is 19.3. The van der Waals surface area contributed by atoms with Gasteiger partial charge in [0.25, 0.3) is 0 Å². The lowest BCUT2D eigenvalue weighted by atomic mass is 9.93. The van der Waals surface area contributed by atoms with E-state index in [1.165, 1.54) is 23.3 Å². The number of primary amides is 1. The standard InChI is InChI=1S/C24H25FN4O2/c25-18-2-4-20-21(14-18)27-28-23(20)15-5-9-29(10-6-15)11-7-22-19-3-1-17(24(26)30)13-16(19)8-12-31-22/h1-5,13-14,22H,6-12H2,(H2,26,30)(H,27,28). The molecule has 0 radical (unpaired) electrons. The molecule has 1 aromatic heterocycles. The number of rotatable bonds is 5. The van der Waals surface area contributed by atoms with Gasteiger partial charge < -0.3 is 10.5 Å². The maximum Gasteiger partial charge on any atom is 0.248 e. The molecule has 0 saturated heterocycles. The Kier molecular flexibility index (Phi) is 5.29. The Bertz CT molecular complexity index is 1170. The van der Waals surface area contributed by atoms with Gasteiger partial charge in [-0.05, 0) is 66.3 Å². The first-order valence-corrected chi connectivity index (χ1v) is 10.7. The van der Waals surface area contributed by atoms with Gasteiger partial charge in [0.1, 0.15) is 5.82 Å². The van der Waals surface area contributed by atoms with Crippen molar-refractivity contribution in [2.45, 2.75) is 25.4 Å². The molecule has 0 bridgehead atoms. The van der Waals surface area contributed by atoms with Crippen LogP contribution in [0.2, 0.25) is 0 Å². The zero-order valence-corrected chi connectivity index (χ0v) is 17.2. The van der Waals surface area contributed by atoms with Crippen LogP contribution in [0.1, 0.15) is 46.1 Å². The van der Waals surface area contributed by atoms with Crippen LogP contribution < -0.4 is 5.73 Å². The lowest BCUT2D eigenvalue weighted by Crippen LogP contribution is -2.31. The molecule has 6 nitrogen and oxygen atoms in total. The van der Waals surface area contributed by atoms with E-state index in [-0.39, 0.29) is 11.9 Å². The molecule has 5 rings (SSSR count). The Hall–Kier alpha value is -3.03. The maximum atomic E-state index is 13.4. The van der Waals surface area contributed by atoms with Gasteiger partial charge in [-0.15, -0.1) is 0 Å². The third-order valence-corrected chi connectivity index (χ3v) is 6.29. The minimum absolute atomic E-state index is 0.0428. The van der Waals surface area contributed by atoms with Crippen LogP contribution >= 0.6 is 0 Å². The minimum atomic E-state index is -0.392. The first kappa shape index (κ1) is 19.9. The number of benzene rings is 2. The number of aromatic amines is 1. The number of fused-ring (bicyclic) bond motifs is 2. The fourth-order valence-corrected chi connectivity index (χ4v) is 4.60. The van der Waals surface area contributed by atoms with Gasteiger partial charge >= 0.3 is 0 Å².